The van der Waals surface area contributed by atoms with Crippen LogP contribution < -0.4 is 0 Å². The number of methoxy groups -OCH3 is 2. The SMILES string of the molecule is CCCCN1C=NC(CCC(=O)OC)(C(=O)OC)C1CC1CCC(C(CCc2ccccc2)N(C)C)CC1. The van der Waals surface area contributed by atoms with E-state index in [4.69, 9.17) is 14.5 Å². The van der Waals surface area contributed by atoms with Crippen LogP contribution in [0.5, 0.6) is 0 Å². The molecular weight excluding hydrogens is 478 g/mol. The van der Waals surface area contributed by atoms with Crippen molar-refractivity contribution in [2.45, 2.75) is 95.2 Å². The van der Waals surface area contributed by atoms with Crippen LogP contribution in [0, 0.1) is 11.8 Å². The molecule has 1 aliphatic heterocycles. The molecule has 1 aliphatic carbocycles. The largest absolute Gasteiger partial charge is 0.469 e. The third-order valence-corrected chi connectivity index (χ3v) is 8.86. The van der Waals surface area contributed by atoms with Crippen LogP contribution in [-0.2, 0) is 25.5 Å². The molecule has 1 aromatic carbocycles. The smallest absolute Gasteiger partial charge is 0.335 e. The fourth-order valence-corrected chi connectivity index (χ4v) is 6.60. The van der Waals surface area contributed by atoms with E-state index in [2.05, 4.69) is 61.2 Å². The lowest BCUT2D eigenvalue weighted by Gasteiger charge is -2.41. The molecule has 1 fully saturated rings. The van der Waals surface area contributed by atoms with Crippen molar-refractivity contribution in [3.05, 3.63) is 35.9 Å². The molecule has 0 spiro atoms. The lowest BCUT2D eigenvalue weighted by molar-refractivity contribution is -0.150. The van der Waals surface area contributed by atoms with E-state index in [9.17, 15) is 9.59 Å². The number of rotatable bonds is 14. The average Bonchev–Trinajstić information content (AvgIpc) is 3.29. The van der Waals surface area contributed by atoms with Crippen molar-refractivity contribution in [1.82, 2.24) is 9.80 Å². The third kappa shape index (κ3) is 7.58. The molecule has 1 heterocycles. The summed E-state index contributed by atoms with van der Waals surface area (Å²) in [7, 11) is 7.24. The van der Waals surface area contributed by atoms with E-state index in [1.807, 2.05) is 6.34 Å². The highest BCUT2D eigenvalue weighted by Gasteiger charge is 2.52. The second-order valence-electron chi connectivity index (χ2n) is 11.4. The molecule has 0 radical (unpaired) electrons. The molecule has 3 atom stereocenters. The highest BCUT2D eigenvalue weighted by molar-refractivity contribution is 5.87. The van der Waals surface area contributed by atoms with E-state index in [0.717, 1.165) is 45.1 Å². The number of aliphatic imine (C=N–C) groups is 1. The summed E-state index contributed by atoms with van der Waals surface area (Å²) in [4.78, 5) is 34.6. The van der Waals surface area contributed by atoms with Gasteiger partial charge in [0, 0.05) is 19.0 Å². The summed E-state index contributed by atoms with van der Waals surface area (Å²) >= 11 is 0. The molecule has 212 valence electrons. The Morgan fingerprint density at radius 2 is 1.82 bits per heavy atom. The van der Waals surface area contributed by atoms with Crippen molar-refractivity contribution in [3.8, 4) is 0 Å². The molecule has 38 heavy (non-hydrogen) atoms. The molecule has 1 saturated carbocycles. The van der Waals surface area contributed by atoms with Crippen LogP contribution in [0.4, 0.5) is 0 Å². The molecule has 0 amide bonds. The maximum absolute atomic E-state index is 13.2. The van der Waals surface area contributed by atoms with Crippen molar-refractivity contribution in [2.75, 3.05) is 34.9 Å². The maximum atomic E-state index is 13.2. The molecule has 7 heteroatoms. The topological polar surface area (TPSA) is 71.4 Å². The van der Waals surface area contributed by atoms with Gasteiger partial charge < -0.3 is 19.3 Å². The molecule has 2 aliphatic rings. The third-order valence-electron chi connectivity index (χ3n) is 8.86. The number of nitrogens with zero attached hydrogens (tertiary/aromatic N) is 3. The fraction of sp³-hybridized carbons (Fsp3) is 0.710. The minimum atomic E-state index is -1.05. The summed E-state index contributed by atoms with van der Waals surface area (Å²) < 4.78 is 10.2. The maximum Gasteiger partial charge on any atom is 0.335 e. The Labute approximate surface area is 230 Å². The number of benzene rings is 1. The number of hydrogen-bond acceptors (Lipinski definition) is 7. The zero-order valence-electron chi connectivity index (χ0n) is 24.2. The van der Waals surface area contributed by atoms with Gasteiger partial charge in [-0.15, -0.1) is 0 Å². The Morgan fingerprint density at radius 1 is 1.11 bits per heavy atom. The first-order chi connectivity index (χ1) is 18.3. The monoisotopic (exact) mass is 527 g/mol. The van der Waals surface area contributed by atoms with E-state index in [1.54, 1.807) is 0 Å². The number of carbonyl (C=O) groups excluding carboxylic acids is 2. The number of carbonyl (C=O) groups is 2. The predicted octanol–water partition coefficient (Wildman–Crippen LogP) is 5.12. The van der Waals surface area contributed by atoms with Gasteiger partial charge in [-0.25, -0.2) is 4.79 Å². The number of unbranched alkanes of at least 4 members (excludes halogenated alkanes) is 1. The minimum Gasteiger partial charge on any atom is -0.469 e. The average molecular weight is 528 g/mol. The molecule has 0 aromatic heterocycles. The van der Waals surface area contributed by atoms with Crippen LogP contribution in [0.3, 0.4) is 0 Å². The summed E-state index contributed by atoms with van der Waals surface area (Å²) in [6.45, 7) is 3.03. The van der Waals surface area contributed by atoms with E-state index in [-0.39, 0.29) is 24.4 Å². The molecule has 1 aromatic rings. The van der Waals surface area contributed by atoms with Gasteiger partial charge in [-0.3, -0.25) is 9.79 Å². The predicted molar refractivity (Wildman–Crippen MR) is 152 cm³/mol. The highest BCUT2D eigenvalue weighted by Crippen LogP contribution is 2.41. The van der Waals surface area contributed by atoms with Gasteiger partial charge in [-0.1, -0.05) is 56.5 Å². The van der Waals surface area contributed by atoms with Crippen LogP contribution in [0.1, 0.15) is 76.7 Å². The molecule has 7 nitrogen and oxygen atoms in total. The van der Waals surface area contributed by atoms with Crippen molar-refractivity contribution in [1.29, 1.82) is 0 Å². The summed E-state index contributed by atoms with van der Waals surface area (Å²) in [5.74, 6) is 0.552. The van der Waals surface area contributed by atoms with E-state index >= 15 is 0 Å². The quantitative estimate of drug-likeness (QED) is 0.313. The van der Waals surface area contributed by atoms with Gasteiger partial charge in [-0.05, 0) is 76.4 Å². The molecule has 3 unspecified atom stereocenters. The minimum absolute atomic E-state index is 0.0876. The highest BCUT2D eigenvalue weighted by atomic mass is 16.5. The summed E-state index contributed by atoms with van der Waals surface area (Å²) in [5.41, 5.74) is 0.364. The Morgan fingerprint density at radius 3 is 2.42 bits per heavy atom. The molecule has 0 N–H and O–H groups in total. The first-order valence-electron chi connectivity index (χ1n) is 14.5. The fourth-order valence-electron chi connectivity index (χ4n) is 6.60. The van der Waals surface area contributed by atoms with Crippen molar-refractivity contribution in [2.24, 2.45) is 16.8 Å². The van der Waals surface area contributed by atoms with Crippen LogP contribution in [0.25, 0.3) is 0 Å². The summed E-state index contributed by atoms with van der Waals surface area (Å²) in [6.07, 6.45) is 12.3. The van der Waals surface area contributed by atoms with Crippen molar-refractivity contribution < 1.29 is 19.1 Å². The van der Waals surface area contributed by atoms with E-state index < -0.39 is 5.54 Å². The standard InChI is InChI=1S/C31H49N3O4/c1-6-7-21-34-23-32-31(30(36)38-5,20-19-29(35)37-4)28(34)22-25-13-16-26(17-14-25)27(33(2)3)18-15-24-11-9-8-10-12-24/h8-12,23,25-28H,6-7,13-22H2,1-5H3. The van der Waals surface area contributed by atoms with Gasteiger partial charge in [0.2, 0.25) is 0 Å². The Kier molecular flexibility index (Phi) is 11.6. The van der Waals surface area contributed by atoms with Crippen LogP contribution in [0.15, 0.2) is 35.3 Å². The van der Waals surface area contributed by atoms with Gasteiger partial charge in [0.25, 0.3) is 0 Å². The second-order valence-corrected chi connectivity index (χ2v) is 11.4. The second kappa shape index (κ2) is 14.7. The normalized spacial score (nSPS) is 25.9. The molecule has 0 saturated heterocycles. The lowest BCUT2D eigenvalue weighted by atomic mass is 9.72. The van der Waals surface area contributed by atoms with Gasteiger partial charge in [0.15, 0.2) is 5.54 Å². The number of ether oxygens (including phenoxy) is 2. The van der Waals surface area contributed by atoms with Gasteiger partial charge in [0.1, 0.15) is 0 Å². The number of hydrogen-bond donors (Lipinski definition) is 0. The Hall–Kier alpha value is -2.41. The van der Waals surface area contributed by atoms with Crippen molar-refractivity contribution >= 4 is 18.3 Å². The summed E-state index contributed by atoms with van der Waals surface area (Å²) in [5, 5.41) is 0. The first kappa shape index (κ1) is 30.1. The number of aryl methyl sites for hydroxylation is 1. The molecular formula is C31H49N3O4. The lowest BCUT2D eigenvalue weighted by Crippen LogP contribution is -2.53. The Bertz CT molecular complexity index is 898. The van der Waals surface area contributed by atoms with Gasteiger partial charge in [-0.2, -0.15) is 0 Å². The number of esters is 2. The van der Waals surface area contributed by atoms with Crippen LogP contribution >= 0.6 is 0 Å². The van der Waals surface area contributed by atoms with Gasteiger partial charge >= 0.3 is 11.9 Å². The molecule has 0 bridgehead atoms. The summed E-state index contributed by atoms with van der Waals surface area (Å²) in [6, 6.07) is 11.3. The molecule has 3 rings (SSSR count). The van der Waals surface area contributed by atoms with Gasteiger partial charge in [0.05, 0.1) is 26.6 Å². The van der Waals surface area contributed by atoms with E-state index in [0.29, 0.717) is 24.3 Å². The first-order valence-corrected chi connectivity index (χ1v) is 14.5. The van der Waals surface area contributed by atoms with Crippen LogP contribution in [-0.4, -0.2) is 80.6 Å². The Balaban J connectivity index is 1.67. The van der Waals surface area contributed by atoms with Crippen LogP contribution in [0.2, 0.25) is 0 Å². The van der Waals surface area contributed by atoms with E-state index in [1.165, 1.54) is 39.0 Å². The zero-order chi connectivity index (χ0) is 27.5. The van der Waals surface area contributed by atoms with Crippen molar-refractivity contribution in [3.63, 3.8) is 0 Å². The zero-order valence-corrected chi connectivity index (χ0v) is 24.2.